The molecule has 8 heteroatoms. The minimum Gasteiger partial charge on any atom is -0.335 e. The Bertz CT molecular complexity index is 791. The number of benzene rings is 1. The molecule has 1 aromatic rings. The van der Waals surface area contributed by atoms with Crippen molar-refractivity contribution < 1.29 is 9.59 Å². The first-order valence-corrected chi connectivity index (χ1v) is 11.1. The SMILES string of the molecule is CC[C@@H]1CN=C(Nc2ccc(/C(C)=N\NC(=O)CN3CCCCCC3=O)cc2)S1. The van der Waals surface area contributed by atoms with Crippen LogP contribution in [0, 0.1) is 0 Å². The number of hydrogen-bond donors (Lipinski definition) is 2. The minimum absolute atomic E-state index is 0.0525. The molecule has 1 fully saturated rings. The van der Waals surface area contributed by atoms with E-state index in [1.807, 2.05) is 31.2 Å². The van der Waals surface area contributed by atoms with Gasteiger partial charge in [0.05, 0.1) is 12.3 Å². The molecule has 2 N–H and O–H groups in total. The summed E-state index contributed by atoms with van der Waals surface area (Å²) in [7, 11) is 0. The summed E-state index contributed by atoms with van der Waals surface area (Å²) in [6.45, 7) is 5.61. The number of amidine groups is 1. The number of thioether (sulfide) groups is 1. The predicted molar refractivity (Wildman–Crippen MR) is 119 cm³/mol. The van der Waals surface area contributed by atoms with E-state index in [4.69, 9.17) is 0 Å². The number of nitrogens with one attached hydrogen (secondary N) is 2. The van der Waals surface area contributed by atoms with Crippen LogP contribution in [0.25, 0.3) is 0 Å². The van der Waals surface area contributed by atoms with Gasteiger partial charge < -0.3 is 10.2 Å². The summed E-state index contributed by atoms with van der Waals surface area (Å²) in [5, 5.41) is 9.07. The van der Waals surface area contributed by atoms with E-state index in [2.05, 4.69) is 27.8 Å². The fourth-order valence-corrected chi connectivity index (χ4v) is 4.20. The fourth-order valence-electron chi connectivity index (χ4n) is 3.24. The number of carbonyl (C=O) groups excluding carboxylic acids is 2. The second-order valence-electron chi connectivity index (χ2n) is 7.35. The van der Waals surface area contributed by atoms with Crippen molar-refractivity contribution in [3.05, 3.63) is 29.8 Å². The molecule has 0 unspecified atom stereocenters. The van der Waals surface area contributed by atoms with Crippen molar-refractivity contribution in [1.82, 2.24) is 10.3 Å². The molecule has 2 aliphatic rings. The highest BCUT2D eigenvalue weighted by Crippen LogP contribution is 2.24. The van der Waals surface area contributed by atoms with Crippen molar-refractivity contribution in [2.45, 2.75) is 51.2 Å². The topological polar surface area (TPSA) is 86.2 Å². The molecule has 0 aromatic heterocycles. The van der Waals surface area contributed by atoms with E-state index in [0.29, 0.717) is 23.9 Å². The zero-order valence-corrected chi connectivity index (χ0v) is 17.9. The quantitative estimate of drug-likeness (QED) is 0.552. The molecule has 1 saturated heterocycles. The standard InChI is InChI=1S/C21H29N5O2S/c1-3-18-13-22-21(29-18)23-17-10-8-16(9-11-17)15(2)24-25-19(27)14-26-12-6-4-5-7-20(26)28/h8-11,18H,3-7,12-14H2,1-2H3,(H,22,23)(H,25,27)/b24-15-/t18-/m1/s1. The second kappa shape index (κ2) is 10.4. The number of nitrogens with zero attached hydrogens (tertiary/aromatic N) is 3. The van der Waals surface area contributed by atoms with Crippen LogP contribution in [-0.4, -0.2) is 52.5 Å². The van der Waals surface area contributed by atoms with Gasteiger partial charge in [-0.05, 0) is 43.9 Å². The molecule has 2 heterocycles. The summed E-state index contributed by atoms with van der Waals surface area (Å²) in [5.41, 5.74) is 5.19. The Hall–Kier alpha value is -2.35. The summed E-state index contributed by atoms with van der Waals surface area (Å²) in [6, 6.07) is 7.88. The van der Waals surface area contributed by atoms with Gasteiger partial charge in [0.1, 0.15) is 6.54 Å². The van der Waals surface area contributed by atoms with E-state index in [1.165, 1.54) is 0 Å². The van der Waals surface area contributed by atoms with Gasteiger partial charge in [0.15, 0.2) is 5.17 Å². The van der Waals surface area contributed by atoms with Crippen LogP contribution in [0.4, 0.5) is 5.69 Å². The second-order valence-corrected chi connectivity index (χ2v) is 8.64. The Morgan fingerprint density at radius 3 is 2.79 bits per heavy atom. The third-order valence-electron chi connectivity index (χ3n) is 5.08. The maximum atomic E-state index is 12.2. The summed E-state index contributed by atoms with van der Waals surface area (Å²) in [5.74, 6) is -0.212. The number of rotatable bonds is 6. The molecule has 0 saturated carbocycles. The molecule has 156 valence electrons. The van der Waals surface area contributed by atoms with Crippen molar-refractivity contribution in [2.75, 3.05) is 25.0 Å². The van der Waals surface area contributed by atoms with Gasteiger partial charge in [-0.15, -0.1) is 0 Å². The van der Waals surface area contributed by atoms with Crippen molar-refractivity contribution >= 4 is 40.1 Å². The van der Waals surface area contributed by atoms with E-state index < -0.39 is 0 Å². The summed E-state index contributed by atoms with van der Waals surface area (Å²) >= 11 is 1.78. The molecule has 29 heavy (non-hydrogen) atoms. The molecular formula is C21H29N5O2S. The van der Waals surface area contributed by atoms with Crippen LogP contribution in [0.5, 0.6) is 0 Å². The lowest BCUT2D eigenvalue weighted by Gasteiger charge is -2.19. The zero-order chi connectivity index (χ0) is 20.6. The van der Waals surface area contributed by atoms with Crippen LogP contribution in [0.3, 0.4) is 0 Å². The average Bonchev–Trinajstić information content (AvgIpc) is 3.09. The molecule has 0 spiro atoms. The third-order valence-corrected chi connectivity index (χ3v) is 6.35. The number of anilines is 1. The Balaban J connectivity index is 1.50. The third kappa shape index (κ3) is 6.32. The number of hydrazone groups is 1. The van der Waals surface area contributed by atoms with Crippen molar-refractivity contribution in [3.63, 3.8) is 0 Å². The number of hydrogen-bond acceptors (Lipinski definition) is 6. The lowest BCUT2D eigenvalue weighted by molar-refractivity contribution is -0.135. The Labute approximate surface area is 176 Å². The van der Waals surface area contributed by atoms with Crippen LogP contribution in [0.15, 0.2) is 34.4 Å². The number of likely N-dealkylation sites (tertiary alicyclic amines) is 1. The highest BCUT2D eigenvalue weighted by molar-refractivity contribution is 8.15. The number of carbonyl (C=O) groups is 2. The smallest absolute Gasteiger partial charge is 0.259 e. The summed E-state index contributed by atoms with van der Waals surface area (Å²) in [6.07, 6.45) is 4.54. The minimum atomic E-state index is -0.264. The first-order chi connectivity index (χ1) is 14.0. The Kier molecular flexibility index (Phi) is 7.69. The number of amides is 2. The van der Waals surface area contributed by atoms with E-state index in [1.54, 1.807) is 16.7 Å². The molecule has 0 aliphatic carbocycles. The van der Waals surface area contributed by atoms with Crippen LogP contribution >= 0.6 is 11.8 Å². The monoisotopic (exact) mass is 415 g/mol. The lowest BCUT2D eigenvalue weighted by atomic mass is 10.1. The molecular weight excluding hydrogens is 386 g/mol. The molecule has 0 bridgehead atoms. The van der Waals surface area contributed by atoms with Gasteiger partial charge in [-0.1, -0.05) is 37.2 Å². The predicted octanol–water partition coefficient (Wildman–Crippen LogP) is 3.22. The molecule has 0 radical (unpaired) electrons. The molecule has 2 aliphatic heterocycles. The Morgan fingerprint density at radius 2 is 2.07 bits per heavy atom. The maximum absolute atomic E-state index is 12.2. The summed E-state index contributed by atoms with van der Waals surface area (Å²) in [4.78, 5) is 30.3. The van der Waals surface area contributed by atoms with Gasteiger partial charge >= 0.3 is 0 Å². The lowest BCUT2D eigenvalue weighted by Crippen LogP contribution is -2.39. The highest BCUT2D eigenvalue weighted by atomic mass is 32.2. The molecule has 1 aromatic carbocycles. The van der Waals surface area contributed by atoms with Gasteiger partial charge in [-0.25, -0.2) is 5.43 Å². The highest BCUT2D eigenvalue weighted by Gasteiger charge is 2.19. The maximum Gasteiger partial charge on any atom is 0.259 e. The summed E-state index contributed by atoms with van der Waals surface area (Å²) < 4.78 is 0. The van der Waals surface area contributed by atoms with Crippen LogP contribution in [-0.2, 0) is 9.59 Å². The van der Waals surface area contributed by atoms with Gasteiger partial charge in [-0.2, -0.15) is 5.10 Å². The molecule has 7 nitrogen and oxygen atoms in total. The van der Waals surface area contributed by atoms with Crippen LogP contribution < -0.4 is 10.7 Å². The largest absolute Gasteiger partial charge is 0.335 e. The first kappa shape index (κ1) is 21.4. The van der Waals surface area contributed by atoms with Gasteiger partial charge in [-0.3, -0.25) is 14.6 Å². The van der Waals surface area contributed by atoms with Crippen molar-refractivity contribution in [1.29, 1.82) is 0 Å². The number of aliphatic imine (C=N–C) groups is 1. The fraction of sp³-hybridized carbons (Fsp3) is 0.524. The first-order valence-electron chi connectivity index (χ1n) is 10.2. The van der Waals surface area contributed by atoms with Gasteiger partial charge in [0, 0.05) is 23.9 Å². The van der Waals surface area contributed by atoms with E-state index in [0.717, 1.165) is 48.6 Å². The van der Waals surface area contributed by atoms with Crippen molar-refractivity contribution in [2.24, 2.45) is 10.1 Å². The van der Waals surface area contributed by atoms with Gasteiger partial charge in [0.25, 0.3) is 5.91 Å². The zero-order valence-electron chi connectivity index (χ0n) is 17.1. The van der Waals surface area contributed by atoms with Crippen LogP contribution in [0.2, 0.25) is 0 Å². The van der Waals surface area contributed by atoms with Gasteiger partial charge in [0.2, 0.25) is 5.91 Å². The van der Waals surface area contributed by atoms with E-state index >= 15 is 0 Å². The average molecular weight is 416 g/mol. The molecule has 3 rings (SSSR count). The normalized spacial score (nSPS) is 20.3. The van der Waals surface area contributed by atoms with Crippen LogP contribution in [0.1, 0.15) is 51.5 Å². The van der Waals surface area contributed by atoms with Crippen molar-refractivity contribution in [3.8, 4) is 0 Å². The van der Waals surface area contributed by atoms with E-state index in [-0.39, 0.29) is 18.4 Å². The Morgan fingerprint density at radius 1 is 1.28 bits per heavy atom. The molecule has 2 amide bonds. The van der Waals surface area contributed by atoms with E-state index in [9.17, 15) is 9.59 Å². The molecule has 1 atom stereocenters.